The van der Waals surface area contributed by atoms with Crippen LogP contribution in [0.3, 0.4) is 0 Å². The van der Waals surface area contributed by atoms with Crippen LogP contribution in [0.25, 0.3) is 0 Å². The van der Waals surface area contributed by atoms with Gasteiger partial charge in [0.15, 0.2) is 0 Å². The molecule has 1 aromatic carbocycles. The molecule has 0 unspecified atom stereocenters. The number of hydrogen-bond donors (Lipinski definition) is 1. The molecule has 1 aromatic heterocycles. The third-order valence-electron chi connectivity index (χ3n) is 3.21. The van der Waals surface area contributed by atoms with Gasteiger partial charge in [0.1, 0.15) is 11.6 Å². The standard InChI is InChI=1S/C17H22ClN3/c1-5-19-15-11-14(17(2,3)4)20-16(21-15)10-12-8-6-7-9-13(12)18/h6-9,11H,5,10H2,1-4H3,(H,19,20,21). The third-order valence-corrected chi connectivity index (χ3v) is 3.57. The number of rotatable bonds is 4. The van der Waals surface area contributed by atoms with Crippen molar-refractivity contribution in [1.82, 2.24) is 9.97 Å². The van der Waals surface area contributed by atoms with Gasteiger partial charge in [-0.05, 0) is 18.6 Å². The molecule has 0 spiro atoms. The summed E-state index contributed by atoms with van der Waals surface area (Å²) in [7, 11) is 0. The maximum Gasteiger partial charge on any atom is 0.135 e. The second kappa shape index (κ2) is 6.44. The quantitative estimate of drug-likeness (QED) is 0.906. The lowest BCUT2D eigenvalue weighted by Gasteiger charge is -2.19. The highest BCUT2D eigenvalue weighted by Crippen LogP contribution is 2.24. The largest absolute Gasteiger partial charge is 0.370 e. The normalized spacial score (nSPS) is 11.5. The highest BCUT2D eigenvalue weighted by atomic mass is 35.5. The number of nitrogens with zero attached hydrogens (tertiary/aromatic N) is 2. The topological polar surface area (TPSA) is 37.8 Å². The molecule has 0 radical (unpaired) electrons. The summed E-state index contributed by atoms with van der Waals surface area (Å²) >= 11 is 6.23. The van der Waals surface area contributed by atoms with Gasteiger partial charge < -0.3 is 5.32 Å². The Hall–Kier alpha value is -1.61. The van der Waals surface area contributed by atoms with Crippen LogP contribution in [-0.2, 0) is 11.8 Å². The van der Waals surface area contributed by atoms with Crippen LogP contribution >= 0.6 is 11.6 Å². The number of nitrogens with one attached hydrogen (secondary N) is 1. The fourth-order valence-corrected chi connectivity index (χ4v) is 2.25. The monoisotopic (exact) mass is 303 g/mol. The van der Waals surface area contributed by atoms with E-state index in [1.54, 1.807) is 0 Å². The van der Waals surface area contributed by atoms with E-state index >= 15 is 0 Å². The number of aromatic nitrogens is 2. The van der Waals surface area contributed by atoms with E-state index in [0.717, 1.165) is 34.5 Å². The molecule has 0 fully saturated rings. The summed E-state index contributed by atoms with van der Waals surface area (Å²) in [6, 6.07) is 9.86. The Balaban J connectivity index is 2.38. The second-order valence-corrected chi connectivity index (χ2v) is 6.51. The summed E-state index contributed by atoms with van der Waals surface area (Å²) in [5, 5.41) is 4.03. The highest BCUT2D eigenvalue weighted by Gasteiger charge is 2.18. The first-order chi connectivity index (χ1) is 9.90. The van der Waals surface area contributed by atoms with Gasteiger partial charge in [0.25, 0.3) is 0 Å². The van der Waals surface area contributed by atoms with E-state index in [0.29, 0.717) is 6.42 Å². The average Bonchev–Trinajstić information content (AvgIpc) is 2.41. The SMILES string of the molecule is CCNc1cc(C(C)(C)C)nc(Cc2ccccc2Cl)n1. The molecule has 0 atom stereocenters. The van der Waals surface area contributed by atoms with E-state index < -0.39 is 0 Å². The van der Waals surface area contributed by atoms with Crippen molar-refractivity contribution in [1.29, 1.82) is 0 Å². The number of hydrogen-bond acceptors (Lipinski definition) is 3. The minimum atomic E-state index is -0.0116. The Kier molecular flexibility index (Phi) is 4.84. The number of anilines is 1. The molecule has 1 heterocycles. The van der Waals surface area contributed by atoms with Gasteiger partial charge in [-0.25, -0.2) is 9.97 Å². The maximum atomic E-state index is 6.23. The van der Waals surface area contributed by atoms with E-state index in [4.69, 9.17) is 16.6 Å². The summed E-state index contributed by atoms with van der Waals surface area (Å²) in [4.78, 5) is 9.31. The molecule has 2 rings (SSSR count). The Morgan fingerprint density at radius 1 is 1.14 bits per heavy atom. The molecule has 0 bridgehead atoms. The van der Waals surface area contributed by atoms with Gasteiger partial charge in [-0.1, -0.05) is 50.6 Å². The van der Waals surface area contributed by atoms with Crippen molar-refractivity contribution in [2.45, 2.75) is 39.5 Å². The van der Waals surface area contributed by atoms with Gasteiger partial charge in [-0.3, -0.25) is 0 Å². The lowest BCUT2D eigenvalue weighted by Crippen LogP contribution is -2.17. The molecule has 1 N–H and O–H groups in total. The molecule has 0 aliphatic rings. The van der Waals surface area contributed by atoms with Crippen molar-refractivity contribution >= 4 is 17.4 Å². The van der Waals surface area contributed by atoms with Gasteiger partial charge in [-0.2, -0.15) is 0 Å². The Labute approximate surface area is 131 Å². The van der Waals surface area contributed by atoms with Gasteiger partial charge in [0, 0.05) is 29.5 Å². The van der Waals surface area contributed by atoms with Gasteiger partial charge >= 0.3 is 0 Å². The van der Waals surface area contributed by atoms with Crippen LogP contribution in [0.4, 0.5) is 5.82 Å². The Morgan fingerprint density at radius 2 is 1.86 bits per heavy atom. The van der Waals surface area contributed by atoms with Crippen LogP contribution in [-0.4, -0.2) is 16.5 Å². The molecule has 21 heavy (non-hydrogen) atoms. The highest BCUT2D eigenvalue weighted by molar-refractivity contribution is 6.31. The predicted molar refractivity (Wildman–Crippen MR) is 89.2 cm³/mol. The minimum Gasteiger partial charge on any atom is -0.370 e. The summed E-state index contributed by atoms with van der Waals surface area (Å²) in [6.45, 7) is 9.37. The zero-order valence-electron chi connectivity index (χ0n) is 13.1. The fraction of sp³-hybridized carbons (Fsp3) is 0.412. The van der Waals surface area contributed by atoms with Gasteiger partial charge in [-0.15, -0.1) is 0 Å². The van der Waals surface area contributed by atoms with Gasteiger partial charge in [0.2, 0.25) is 0 Å². The second-order valence-electron chi connectivity index (χ2n) is 6.10. The van der Waals surface area contributed by atoms with E-state index in [2.05, 4.69) is 38.0 Å². The number of halogens is 1. The molecule has 4 heteroatoms. The van der Waals surface area contributed by atoms with E-state index in [1.807, 2.05) is 30.3 Å². The van der Waals surface area contributed by atoms with Gasteiger partial charge in [0.05, 0.1) is 5.69 Å². The van der Waals surface area contributed by atoms with Crippen LogP contribution in [0.5, 0.6) is 0 Å². The first-order valence-corrected chi connectivity index (χ1v) is 7.63. The van der Waals surface area contributed by atoms with Crippen LogP contribution in [0.2, 0.25) is 5.02 Å². The van der Waals surface area contributed by atoms with Crippen LogP contribution < -0.4 is 5.32 Å². The summed E-state index contributed by atoms with van der Waals surface area (Å²) < 4.78 is 0. The minimum absolute atomic E-state index is 0.0116. The van der Waals surface area contributed by atoms with Crippen molar-refractivity contribution in [3.8, 4) is 0 Å². The van der Waals surface area contributed by atoms with Crippen LogP contribution in [0.1, 0.15) is 44.8 Å². The molecule has 3 nitrogen and oxygen atoms in total. The van der Waals surface area contributed by atoms with Crippen LogP contribution in [0.15, 0.2) is 30.3 Å². The first-order valence-electron chi connectivity index (χ1n) is 7.26. The summed E-state index contributed by atoms with van der Waals surface area (Å²) in [5.41, 5.74) is 2.07. The maximum absolute atomic E-state index is 6.23. The Bertz CT molecular complexity index is 618. The van der Waals surface area contributed by atoms with Crippen molar-refractivity contribution in [2.75, 3.05) is 11.9 Å². The molecule has 0 aliphatic heterocycles. The average molecular weight is 304 g/mol. The zero-order chi connectivity index (χ0) is 15.5. The fourth-order valence-electron chi connectivity index (χ4n) is 2.04. The van der Waals surface area contributed by atoms with Crippen LogP contribution in [0, 0.1) is 0 Å². The summed E-state index contributed by atoms with van der Waals surface area (Å²) in [6.07, 6.45) is 0.641. The summed E-state index contributed by atoms with van der Waals surface area (Å²) in [5.74, 6) is 1.67. The smallest absolute Gasteiger partial charge is 0.135 e. The first kappa shape index (κ1) is 15.8. The van der Waals surface area contributed by atoms with E-state index in [1.165, 1.54) is 0 Å². The molecule has 0 amide bonds. The molecular weight excluding hydrogens is 282 g/mol. The van der Waals surface area contributed by atoms with Crippen molar-refractivity contribution < 1.29 is 0 Å². The molecule has 112 valence electrons. The zero-order valence-corrected chi connectivity index (χ0v) is 13.8. The lowest BCUT2D eigenvalue weighted by molar-refractivity contribution is 0.563. The lowest BCUT2D eigenvalue weighted by atomic mass is 9.92. The molecule has 0 aliphatic carbocycles. The number of benzene rings is 1. The van der Waals surface area contributed by atoms with Crippen molar-refractivity contribution in [3.63, 3.8) is 0 Å². The predicted octanol–water partition coefficient (Wildman–Crippen LogP) is 4.45. The molecule has 0 saturated heterocycles. The molecule has 0 saturated carbocycles. The third kappa shape index (κ3) is 4.18. The molecule has 2 aromatic rings. The van der Waals surface area contributed by atoms with E-state index in [-0.39, 0.29) is 5.41 Å². The van der Waals surface area contributed by atoms with E-state index in [9.17, 15) is 0 Å². The Morgan fingerprint density at radius 3 is 2.48 bits per heavy atom. The van der Waals surface area contributed by atoms with Crippen molar-refractivity contribution in [2.24, 2.45) is 0 Å². The molecular formula is C17H22ClN3. The van der Waals surface area contributed by atoms with Crippen molar-refractivity contribution in [3.05, 3.63) is 52.4 Å².